The van der Waals surface area contributed by atoms with E-state index in [2.05, 4.69) is 103 Å². The second kappa shape index (κ2) is 11.3. The maximum Gasteiger partial charge on any atom is 0.0217 e. The van der Waals surface area contributed by atoms with E-state index in [4.69, 9.17) is 0 Å². The number of nitrogens with zero attached hydrogens (tertiary/aromatic N) is 1. The van der Waals surface area contributed by atoms with E-state index in [9.17, 15) is 0 Å². The van der Waals surface area contributed by atoms with Gasteiger partial charge in [0.15, 0.2) is 0 Å². The van der Waals surface area contributed by atoms with Crippen LogP contribution in [0.15, 0.2) is 91.5 Å². The van der Waals surface area contributed by atoms with Crippen molar-refractivity contribution in [3.63, 3.8) is 0 Å². The van der Waals surface area contributed by atoms with E-state index in [1.54, 1.807) is 0 Å². The van der Waals surface area contributed by atoms with Crippen LogP contribution in [0.5, 0.6) is 0 Å². The van der Waals surface area contributed by atoms with Gasteiger partial charge in [-0.1, -0.05) is 105 Å². The Morgan fingerprint density at radius 3 is 2.28 bits per heavy atom. The van der Waals surface area contributed by atoms with Crippen molar-refractivity contribution in [2.24, 2.45) is 5.92 Å². The lowest BCUT2D eigenvalue weighted by Crippen LogP contribution is -2.39. The van der Waals surface area contributed by atoms with Crippen LogP contribution in [-0.4, -0.2) is 24.5 Å². The first-order valence-electron chi connectivity index (χ1n) is 12.3. The van der Waals surface area contributed by atoms with Gasteiger partial charge in [0.05, 0.1) is 0 Å². The van der Waals surface area contributed by atoms with Gasteiger partial charge in [-0.15, -0.1) is 0 Å². The summed E-state index contributed by atoms with van der Waals surface area (Å²) in [4.78, 5) is 2.71. The summed E-state index contributed by atoms with van der Waals surface area (Å²) >= 11 is 0. The molecule has 0 aliphatic carbocycles. The standard InChI is InChI=1S/C31H37N/c1-3-12-25(2)30-19-10-13-26(22-30)21-27-14-11-20-32(23-27)24-31(28-15-6-4-7-16-28)29-17-8-5-9-18-29/h4-10,13,15-19,22,27,31H,2-3,11-12,14,20-21,23-24H2,1H3. The number of piperidine rings is 1. The Kier molecular flexibility index (Phi) is 7.96. The van der Waals surface area contributed by atoms with E-state index in [0.717, 1.165) is 25.3 Å². The Morgan fingerprint density at radius 1 is 0.938 bits per heavy atom. The molecule has 0 amide bonds. The number of allylic oxidation sites excluding steroid dienone is 1. The molecule has 0 saturated carbocycles. The van der Waals surface area contributed by atoms with Crippen LogP contribution in [0.4, 0.5) is 0 Å². The largest absolute Gasteiger partial charge is 0.302 e. The zero-order chi connectivity index (χ0) is 22.2. The molecular formula is C31H37N. The molecule has 1 nitrogen and oxygen atoms in total. The molecule has 3 aromatic carbocycles. The number of likely N-dealkylation sites (tertiary alicyclic amines) is 1. The molecule has 1 heteroatoms. The molecule has 0 aromatic heterocycles. The Bertz CT molecular complexity index is 936. The van der Waals surface area contributed by atoms with Crippen LogP contribution in [0.25, 0.3) is 5.57 Å². The van der Waals surface area contributed by atoms with Crippen LogP contribution in [0.3, 0.4) is 0 Å². The minimum absolute atomic E-state index is 0.428. The van der Waals surface area contributed by atoms with Gasteiger partial charge in [-0.05, 0) is 66.0 Å². The highest BCUT2D eigenvalue weighted by Gasteiger charge is 2.24. The molecule has 0 spiro atoms. The number of rotatable bonds is 9. The van der Waals surface area contributed by atoms with Gasteiger partial charge in [0.25, 0.3) is 0 Å². The van der Waals surface area contributed by atoms with Crippen molar-refractivity contribution >= 4 is 5.57 Å². The van der Waals surface area contributed by atoms with E-state index in [-0.39, 0.29) is 0 Å². The molecular weight excluding hydrogens is 386 g/mol. The fourth-order valence-corrected chi connectivity index (χ4v) is 5.21. The first-order valence-corrected chi connectivity index (χ1v) is 12.3. The lowest BCUT2D eigenvalue weighted by molar-refractivity contribution is 0.170. The highest BCUT2D eigenvalue weighted by molar-refractivity contribution is 5.63. The van der Waals surface area contributed by atoms with Crippen LogP contribution in [-0.2, 0) is 6.42 Å². The maximum atomic E-state index is 4.30. The van der Waals surface area contributed by atoms with Gasteiger partial charge in [0.2, 0.25) is 0 Å². The fraction of sp³-hybridized carbons (Fsp3) is 0.355. The average molecular weight is 424 g/mol. The molecule has 1 heterocycles. The number of benzene rings is 3. The number of hydrogen-bond acceptors (Lipinski definition) is 1. The fourth-order valence-electron chi connectivity index (χ4n) is 5.21. The van der Waals surface area contributed by atoms with Gasteiger partial charge >= 0.3 is 0 Å². The molecule has 1 fully saturated rings. The summed E-state index contributed by atoms with van der Waals surface area (Å²) in [5.41, 5.74) is 6.90. The smallest absolute Gasteiger partial charge is 0.0217 e. The van der Waals surface area contributed by atoms with Gasteiger partial charge in [-0.3, -0.25) is 0 Å². The zero-order valence-electron chi connectivity index (χ0n) is 19.5. The summed E-state index contributed by atoms with van der Waals surface area (Å²) in [6.45, 7) is 10.0. The van der Waals surface area contributed by atoms with Crippen LogP contribution < -0.4 is 0 Å². The quantitative estimate of drug-likeness (QED) is 0.343. The highest BCUT2D eigenvalue weighted by Crippen LogP contribution is 2.29. The summed E-state index contributed by atoms with van der Waals surface area (Å²) in [6, 6.07) is 31.2. The Morgan fingerprint density at radius 2 is 1.62 bits per heavy atom. The van der Waals surface area contributed by atoms with Crippen LogP contribution in [0.2, 0.25) is 0 Å². The minimum atomic E-state index is 0.428. The molecule has 0 N–H and O–H groups in total. The van der Waals surface area contributed by atoms with E-state index >= 15 is 0 Å². The normalized spacial score (nSPS) is 16.9. The molecule has 3 aromatic rings. The first kappa shape index (κ1) is 22.6. The third kappa shape index (κ3) is 5.99. The summed E-state index contributed by atoms with van der Waals surface area (Å²) in [5, 5.41) is 0. The predicted molar refractivity (Wildman–Crippen MR) is 138 cm³/mol. The molecule has 166 valence electrons. The summed E-state index contributed by atoms with van der Waals surface area (Å²) in [6.07, 6.45) is 6.04. The topological polar surface area (TPSA) is 3.24 Å². The van der Waals surface area contributed by atoms with Crippen molar-refractivity contribution in [1.82, 2.24) is 4.90 Å². The molecule has 1 unspecified atom stereocenters. The summed E-state index contributed by atoms with van der Waals surface area (Å²) in [7, 11) is 0. The number of hydrogen-bond donors (Lipinski definition) is 0. The Hall–Kier alpha value is -2.64. The molecule has 1 aliphatic heterocycles. The molecule has 0 radical (unpaired) electrons. The van der Waals surface area contributed by atoms with Gasteiger partial charge in [0.1, 0.15) is 0 Å². The first-order chi connectivity index (χ1) is 15.7. The average Bonchev–Trinajstić information content (AvgIpc) is 2.84. The minimum Gasteiger partial charge on any atom is -0.302 e. The molecule has 32 heavy (non-hydrogen) atoms. The van der Waals surface area contributed by atoms with Crippen LogP contribution in [0.1, 0.15) is 60.8 Å². The van der Waals surface area contributed by atoms with Gasteiger partial charge in [-0.2, -0.15) is 0 Å². The van der Waals surface area contributed by atoms with Gasteiger partial charge in [0, 0.05) is 19.0 Å². The van der Waals surface area contributed by atoms with Crippen molar-refractivity contribution in [3.05, 3.63) is 114 Å². The SMILES string of the molecule is C=C(CCC)c1cccc(CC2CCCN(CC(c3ccccc3)c3ccccc3)C2)c1. The van der Waals surface area contributed by atoms with Crippen molar-refractivity contribution < 1.29 is 0 Å². The van der Waals surface area contributed by atoms with Gasteiger partial charge in [-0.25, -0.2) is 0 Å². The summed E-state index contributed by atoms with van der Waals surface area (Å²) < 4.78 is 0. The van der Waals surface area contributed by atoms with Crippen molar-refractivity contribution in [2.75, 3.05) is 19.6 Å². The third-order valence-corrected chi connectivity index (χ3v) is 6.86. The molecule has 1 aliphatic rings. The summed E-state index contributed by atoms with van der Waals surface area (Å²) in [5.74, 6) is 1.16. The van der Waals surface area contributed by atoms with Crippen molar-refractivity contribution in [1.29, 1.82) is 0 Å². The van der Waals surface area contributed by atoms with Crippen molar-refractivity contribution in [2.45, 2.75) is 44.9 Å². The maximum absolute atomic E-state index is 4.30. The molecule has 0 bridgehead atoms. The van der Waals surface area contributed by atoms with Crippen LogP contribution in [0, 0.1) is 5.92 Å². The van der Waals surface area contributed by atoms with Gasteiger partial charge < -0.3 is 4.90 Å². The zero-order valence-corrected chi connectivity index (χ0v) is 19.5. The lowest BCUT2D eigenvalue weighted by Gasteiger charge is -2.35. The molecule has 4 rings (SSSR count). The lowest BCUT2D eigenvalue weighted by atomic mass is 9.87. The third-order valence-electron chi connectivity index (χ3n) is 6.86. The second-order valence-corrected chi connectivity index (χ2v) is 9.40. The van der Waals surface area contributed by atoms with Crippen molar-refractivity contribution in [3.8, 4) is 0 Å². The molecule has 1 atom stereocenters. The van der Waals surface area contributed by atoms with E-state index < -0.39 is 0 Å². The van der Waals surface area contributed by atoms with E-state index in [1.807, 2.05) is 0 Å². The Balaban J connectivity index is 1.44. The van der Waals surface area contributed by atoms with Crippen LogP contribution >= 0.6 is 0 Å². The predicted octanol–water partition coefficient (Wildman–Crippen LogP) is 7.59. The monoisotopic (exact) mass is 423 g/mol. The molecule has 1 saturated heterocycles. The van der Waals surface area contributed by atoms with E-state index in [0.29, 0.717) is 5.92 Å². The second-order valence-electron chi connectivity index (χ2n) is 9.40. The highest BCUT2D eigenvalue weighted by atomic mass is 15.1. The van der Waals surface area contributed by atoms with E-state index in [1.165, 1.54) is 60.2 Å². The Labute approximate surface area is 194 Å².